The Hall–Kier alpha value is -1.47. The lowest BCUT2D eigenvalue weighted by atomic mass is 10.4. The topological polar surface area (TPSA) is 89.2 Å². The van der Waals surface area contributed by atoms with Gasteiger partial charge < -0.3 is 9.64 Å². The summed E-state index contributed by atoms with van der Waals surface area (Å²) in [4.78, 5) is 14.5. The molecule has 0 radical (unpaired) electrons. The van der Waals surface area contributed by atoms with Crippen LogP contribution in [0.3, 0.4) is 0 Å². The van der Waals surface area contributed by atoms with Gasteiger partial charge in [-0.3, -0.25) is 5.43 Å². The number of anilines is 2. The van der Waals surface area contributed by atoms with Crippen molar-refractivity contribution < 1.29 is 4.74 Å². The van der Waals surface area contributed by atoms with Crippen LogP contribution in [0.5, 0.6) is 0 Å². The van der Waals surface area contributed by atoms with E-state index in [1.54, 1.807) is 0 Å². The second-order valence-electron chi connectivity index (χ2n) is 3.25. The van der Waals surface area contributed by atoms with Crippen molar-refractivity contribution in [1.82, 2.24) is 15.0 Å². The van der Waals surface area contributed by atoms with Crippen LogP contribution >= 0.6 is 0 Å². The highest BCUT2D eigenvalue weighted by molar-refractivity contribution is 5.36. The number of nitrogens with two attached hydrogens (primary N) is 1. The van der Waals surface area contributed by atoms with Gasteiger partial charge in [-0.1, -0.05) is 0 Å². The Kier molecular flexibility index (Phi) is 2.93. The number of aromatic nitrogens is 3. The molecule has 1 aromatic heterocycles. The molecule has 1 aliphatic rings. The maximum absolute atomic E-state index is 5.27. The summed E-state index contributed by atoms with van der Waals surface area (Å²) in [6.07, 6.45) is 0. The Morgan fingerprint density at radius 2 is 2.00 bits per heavy atom. The van der Waals surface area contributed by atoms with E-state index in [0.29, 0.717) is 30.9 Å². The third kappa shape index (κ3) is 2.31. The van der Waals surface area contributed by atoms with Gasteiger partial charge in [0.05, 0.1) is 13.2 Å². The lowest BCUT2D eigenvalue weighted by molar-refractivity contribution is 0.122. The lowest BCUT2D eigenvalue weighted by Crippen LogP contribution is -2.37. The summed E-state index contributed by atoms with van der Waals surface area (Å²) >= 11 is 0. The Labute approximate surface area is 87.6 Å². The van der Waals surface area contributed by atoms with Gasteiger partial charge in [0.15, 0.2) is 0 Å². The summed E-state index contributed by atoms with van der Waals surface area (Å²) in [6, 6.07) is 0. The fourth-order valence-electron chi connectivity index (χ4n) is 1.44. The number of nitrogen functional groups attached to an aromatic ring is 1. The molecule has 2 heterocycles. The highest BCUT2D eigenvalue weighted by Crippen LogP contribution is 2.11. The highest BCUT2D eigenvalue weighted by Gasteiger charge is 2.15. The lowest BCUT2D eigenvalue weighted by Gasteiger charge is -2.26. The predicted octanol–water partition coefficient (Wildman–Crippen LogP) is -0.698. The van der Waals surface area contributed by atoms with Gasteiger partial charge in [0.25, 0.3) is 0 Å². The molecule has 15 heavy (non-hydrogen) atoms. The molecule has 7 heteroatoms. The third-order valence-corrected chi connectivity index (χ3v) is 2.16. The molecule has 1 aromatic rings. The van der Waals surface area contributed by atoms with E-state index in [0.717, 1.165) is 13.1 Å². The van der Waals surface area contributed by atoms with Crippen LogP contribution < -0.4 is 16.2 Å². The van der Waals surface area contributed by atoms with Crippen LogP contribution in [0.25, 0.3) is 0 Å². The minimum atomic E-state index is 0.393. The molecule has 1 saturated heterocycles. The average Bonchev–Trinajstić information content (AvgIpc) is 2.29. The second-order valence-corrected chi connectivity index (χ2v) is 3.25. The molecule has 1 aliphatic heterocycles. The molecule has 0 aliphatic carbocycles. The zero-order valence-corrected chi connectivity index (χ0v) is 8.60. The van der Waals surface area contributed by atoms with Gasteiger partial charge >= 0.3 is 0 Å². The van der Waals surface area contributed by atoms with Crippen molar-refractivity contribution in [3.05, 3.63) is 5.82 Å². The quantitative estimate of drug-likeness (QED) is 0.493. The fourth-order valence-corrected chi connectivity index (χ4v) is 1.44. The first-order valence-corrected chi connectivity index (χ1v) is 4.81. The van der Waals surface area contributed by atoms with Gasteiger partial charge in [-0.15, -0.1) is 0 Å². The summed E-state index contributed by atoms with van der Waals surface area (Å²) in [5.74, 6) is 6.97. The Morgan fingerprint density at radius 3 is 2.67 bits per heavy atom. The van der Waals surface area contributed by atoms with Crippen LogP contribution in [-0.2, 0) is 4.74 Å². The number of morpholine rings is 1. The van der Waals surface area contributed by atoms with E-state index < -0.39 is 0 Å². The Morgan fingerprint density at radius 1 is 1.27 bits per heavy atom. The van der Waals surface area contributed by atoms with Crippen LogP contribution in [-0.4, -0.2) is 41.3 Å². The second kappa shape index (κ2) is 4.37. The molecule has 0 saturated carbocycles. The van der Waals surface area contributed by atoms with Gasteiger partial charge in [0.1, 0.15) is 5.82 Å². The van der Waals surface area contributed by atoms with E-state index in [1.807, 2.05) is 6.92 Å². The van der Waals surface area contributed by atoms with Crippen molar-refractivity contribution >= 4 is 11.9 Å². The van der Waals surface area contributed by atoms with Crippen molar-refractivity contribution in [3.8, 4) is 0 Å². The molecular formula is C8H14N6O. The number of nitrogens with zero attached hydrogens (tertiary/aromatic N) is 4. The molecule has 0 bridgehead atoms. The van der Waals surface area contributed by atoms with E-state index in [9.17, 15) is 0 Å². The van der Waals surface area contributed by atoms with E-state index in [2.05, 4.69) is 25.3 Å². The third-order valence-electron chi connectivity index (χ3n) is 2.16. The maximum Gasteiger partial charge on any atom is 0.242 e. The van der Waals surface area contributed by atoms with Gasteiger partial charge in [-0.25, -0.2) is 5.84 Å². The van der Waals surface area contributed by atoms with E-state index >= 15 is 0 Å². The number of hydrogen-bond acceptors (Lipinski definition) is 7. The van der Waals surface area contributed by atoms with Crippen molar-refractivity contribution in [2.24, 2.45) is 5.84 Å². The molecule has 0 unspecified atom stereocenters. The summed E-state index contributed by atoms with van der Waals surface area (Å²) < 4.78 is 5.25. The van der Waals surface area contributed by atoms with Crippen molar-refractivity contribution in [2.45, 2.75) is 6.92 Å². The summed E-state index contributed by atoms with van der Waals surface area (Å²) in [5, 5.41) is 0. The van der Waals surface area contributed by atoms with E-state index in [1.165, 1.54) is 0 Å². The maximum atomic E-state index is 5.27. The smallest absolute Gasteiger partial charge is 0.242 e. The first kappa shape index (κ1) is 10.1. The van der Waals surface area contributed by atoms with E-state index in [-0.39, 0.29) is 0 Å². The number of hydrogen-bond donors (Lipinski definition) is 2. The fraction of sp³-hybridized carbons (Fsp3) is 0.625. The zero-order valence-electron chi connectivity index (χ0n) is 8.60. The molecule has 0 atom stereocenters. The Bertz CT molecular complexity index is 338. The van der Waals surface area contributed by atoms with Gasteiger partial charge in [0, 0.05) is 13.1 Å². The molecule has 2 rings (SSSR count). The van der Waals surface area contributed by atoms with Crippen LogP contribution in [0.4, 0.5) is 11.9 Å². The van der Waals surface area contributed by atoms with Crippen LogP contribution in [0.15, 0.2) is 0 Å². The van der Waals surface area contributed by atoms with Crippen molar-refractivity contribution in [1.29, 1.82) is 0 Å². The SMILES string of the molecule is Cc1nc(NN)nc(N2CCOCC2)n1. The minimum Gasteiger partial charge on any atom is -0.378 e. The molecule has 0 aromatic carbocycles. The highest BCUT2D eigenvalue weighted by atomic mass is 16.5. The number of nitrogens with one attached hydrogen (secondary N) is 1. The van der Waals surface area contributed by atoms with Crippen molar-refractivity contribution in [3.63, 3.8) is 0 Å². The van der Waals surface area contributed by atoms with Crippen LogP contribution in [0, 0.1) is 6.92 Å². The first-order chi connectivity index (χ1) is 7.29. The number of hydrazine groups is 1. The monoisotopic (exact) mass is 210 g/mol. The molecule has 7 nitrogen and oxygen atoms in total. The van der Waals surface area contributed by atoms with Gasteiger partial charge in [0.2, 0.25) is 11.9 Å². The summed E-state index contributed by atoms with van der Waals surface area (Å²) in [6.45, 7) is 4.82. The van der Waals surface area contributed by atoms with Gasteiger partial charge in [-0.2, -0.15) is 15.0 Å². The standard InChI is InChI=1S/C8H14N6O/c1-6-10-7(13-9)12-8(11-6)14-2-4-15-5-3-14/h2-5,9H2,1H3,(H,10,11,12,13). The van der Waals surface area contributed by atoms with Crippen molar-refractivity contribution in [2.75, 3.05) is 36.6 Å². The van der Waals surface area contributed by atoms with E-state index in [4.69, 9.17) is 10.6 Å². The normalized spacial score (nSPS) is 16.5. The largest absolute Gasteiger partial charge is 0.378 e. The van der Waals surface area contributed by atoms with Crippen LogP contribution in [0.2, 0.25) is 0 Å². The zero-order chi connectivity index (χ0) is 10.7. The molecule has 82 valence electrons. The summed E-state index contributed by atoms with van der Waals surface area (Å²) in [7, 11) is 0. The average molecular weight is 210 g/mol. The predicted molar refractivity (Wildman–Crippen MR) is 55.4 cm³/mol. The molecule has 0 amide bonds. The summed E-state index contributed by atoms with van der Waals surface area (Å²) in [5.41, 5.74) is 2.43. The van der Waals surface area contributed by atoms with Crippen LogP contribution in [0.1, 0.15) is 5.82 Å². The van der Waals surface area contributed by atoms with Gasteiger partial charge in [-0.05, 0) is 6.92 Å². The molecule has 1 fully saturated rings. The molecular weight excluding hydrogens is 196 g/mol. The first-order valence-electron chi connectivity index (χ1n) is 4.81. The molecule has 3 N–H and O–H groups in total. The Balaban J connectivity index is 2.22. The number of ether oxygens (including phenoxy) is 1. The number of aryl methyl sites for hydroxylation is 1. The molecule has 0 spiro atoms. The minimum absolute atomic E-state index is 0.393. The number of rotatable bonds is 2.